The molecular formula is C28H47N3O5. The third-order valence-electron chi connectivity index (χ3n) is 5.50. The Morgan fingerprint density at radius 3 is 2.14 bits per heavy atom. The Balaban J connectivity index is 3.40. The number of aliphatic hydroxyl groups excluding tert-OH is 1. The molecule has 0 heterocycles. The van der Waals surface area contributed by atoms with Crippen molar-refractivity contribution >= 4 is 17.9 Å². The second kappa shape index (κ2) is 14.2. The number of aliphatic hydroxyl groups is 1. The first-order valence-electron chi connectivity index (χ1n) is 13.0. The highest BCUT2D eigenvalue weighted by Crippen LogP contribution is 2.27. The zero-order chi connectivity index (χ0) is 27.5. The molecular weight excluding hydrogens is 458 g/mol. The van der Waals surface area contributed by atoms with Gasteiger partial charge in [-0.3, -0.25) is 9.59 Å². The molecule has 0 saturated carbocycles. The van der Waals surface area contributed by atoms with Crippen molar-refractivity contribution in [3.63, 3.8) is 0 Å². The van der Waals surface area contributed by atoms with E-state index in [0.29, 0.717) is 18.5 Å². The van der Waals surface area contributed by atoms with Crippen LogP contribution in [0.25, 0.3) is 0 Å². The Kier molecular flexibility index (Phi) is 12.4. The maximum atomic E-state index is 13.8. The number of carbonyl (C=O) groups is 3. The average Bonchev–Trinajstić information content (AvgIpc) is 2.74. The minimum absolute atomic E-state index is 0.311. The number of aryl methyl sites for hydroxylation is 1. The number of amides is 3. The average molecular weight is 506 g/mol. The van der Waals surface area contributed by atoms with Crippen LogP contribution in [0.1, 0.15) is 97.7 Å². The van der Waals surface area contributed by atoms with Gasteiger partial charge in [0, 0.05) is 12.1 Å². The fourth-order valence-electron chi connectivity index (χ4n) is 3.87. The minimum atomic E-state index is -1.25. The molecule has 8 nitrogen and oxygen atoms in total. The van der Waals surface area contributed by atoms with Gasteiger partial charge < -0.3 is 25.4 Å². The van der Waals surface area contributed by atoms with Crippen LogP contribution in [-0.4, -0.2) is 58.2 Å². The van der Waals surface area contributed by atoms with Crippen LogP contribution in [0, 0.1) is 6.92 Å². The zero-order valence-electron chi connectivity index (χ0n) is 23.4. The van der Waals surface area contributed by atoms with Gasteiger partial charge in [-0.25, -0.2) is 4.79 Å². The molecule has 0 aromatic heterocycles. The molecule has 0 spiro atoms. The number of rotatable bonds is 12. The van der Waals surface area contributed by atoms with Crippen molar-refractivity contribution in [1.29, 1.82) is 0 Å². The van der Waals surface area contributed by atoms with E-state index in [4.69, 9.17) is 4.74 Å². The quantitative estimate of drug-likeness (QED) is 0.359. The predicted octanol–water partition coefficient (Wildman–Crippen LogP) is 4.64. The van der Waals surface area contributed by atoms with Crippen molar-refractivity contribution in [2.45, 2.75) is 111 Å². The van der Waals surface area contributed by atoms with Crippen LogP contribution in [0.5, 0.6) is 0 Å². The first-order valence-corrected chi connectivity index (χ1v) is 13.0. The zero-order valence-corrected chi connectivity index (χ0v) is 23.4. The maximum absolute atomic E-state index is 13.8. The van der Waals surface area contributed by atoms with Gasteiger partial charge >= 0.3 is 6.09 Å². The number of ether oxygens (including phenoxy) is 1. The molecule has 1 aromatic carbocycles. The Bertz CT molecular complexity index is 857. The summed E-state index contributed by atoms with van der Waals surface area (Å²) >= 11 is 0. The highest BCUT2D eigenvalue weighted by molar-refractivity contribution is 5.92. The van der Waals surface area contributed by atoms with E-state index in [0.717, 1.165) is 31.2 Å². The molecule has 0 radical (unpaired) electrons. The van der Waals surface area contributed by atoms with Gasteiger partial charge in [-0.1, -0.05) is 56.9 Å². The lowest BCUT2D eigenvalue weighted by Gasteiger charge is -2.36. The summed E-state index contributed by atoms with van der Waals surface area (Å²) in [5, 5.41) is 15.5. The molecule has 2 unspecified atom stereocenters. The standard InChI is InChI=1S/C28H47N3O5/c1-9-10-11-12-15-18-31(25(34)22(19-32)29-26(35)36-28(6,7)8)23(24(33)30-27(3,4)5)21-17-14-13-16-20(21)2/h13-14,16-17,22-23,32H,9-12,15,18-19H2,1-8H3,(H,29,35)(H,30,33). The number of benzene rings is 1. The van der Waals surface area contributed by atoms with E-state index >= 15 is 0 Å². The van der Waals surface area contributed by atoms with Gasteiger partial charge in [-0.15, -0.1) is 0 Å². The van der Waals surface area contributed by atoms with Crippen molar-refractivity contribution in [2.75, 3.05) is 13.2 Å². The molecule has 36 heavy (non-hydrogen) atoms. The second-order valence-electron chi connectivity index (χ2n) is 11.3. The first-order chi connectivity index (χ1) is 16.7. The number of hydrogen-bond donors (Lipinski definition) is 3. The van der Waals surface area contributed by atoms with E-state index in [1.165, 1.54) is 4.90 Å². The number of alkyl carbamates (subject to hydrolysis) is 1. The number of nitrogens with zero attached hydrogens (tertiary/aromatic N) is 1. The molecule has 0 aliphatic rings. The molecule has 1 aromatic rings. The first kappa shape index (κ1) is 31.4. The molecule has 204 valence electrons. The van der Waals surface area contributed by atoms with E-state index in [2.05, 4.69) is 17.6 Å². The van der Waals surface area contributed by atoms with Crippen LogP contribution in [-0.2, 0) is 14.3 Å². The predicted molar refractivity (Wildman–Crippen MR) is 143 cm³/mol. The molecule has 8 heteroatoms. The van der Waals surface area contributed by atoms with Crippen LogP contribution >= 0.6 is 0 Å². The van der Waals surface area contributed by atoms with E-state index in [1.807, 2.05) is 52.0 Å². The van der Waals surface area contributed by atoms with Crippen molar-refractivity contribution < 1.29 is 24.2 Å². The maximum Gasteiger partial charge on any atom is 0.408 e. The van der Waals surface area contributed by atoms with Gasteiger partial charge in [0.05, 0.1) is 6.61 Å². The summed E-state index contributed by atoms with van der Waals surface area (Å²) in [6, 6.07) is 5.30. The Labute approximate surface area is 217 Å². The summed E-state index contributed by atoms with van der Waals surface area (Å²) in [7, 11) is 0. The van der Waals surface area contributed by atoms with E-state index in [9.17, 15) is 19.5 Å². The van der Waals surface area contributed by atoms with Gasteiger partial charge in [0.2, 0.25) is 11.8 Å². The van der Waals surface area contributed by atoms with Gasteiger partial charge in [-0.2, -0.15) is 0 Å². The van der Waals surface area contributed by atoms with E-state index < -0.39 is 41.8 Å². The molecule has 2 atom stereocenters. The van der Waals surface area contributed by atoms with Crippen LogP contribution in [0.15, 0.2) is 24.3 Å². The van der Waals surface area contributed by atoms with Gasteiger partial charge in [0.25, 0.3) is 0 Å². The molecule has 0 bridgehead atoms. The number of hydrogen-bond acceptors (Lipinski definition) is 5. The van der Waals surface area contributed by atoms with E-state index in [-0.39, 0.29) is 5.91 Å². The van der Waals surface area contributed by atoms with Crippen molar-refractivity contribution in [1.82, 2.24) is 15.5 Å². The SMILES string of the molecule is CCCCCCCN(C(=O)C(CO)NC(=O)OC(C)(C)C)C(C(=O)NC(C)(C)C)c1ccccc1C. The second-order valence-corrected chi connectivity index (χ2v) is 11.3. The van der Waals surface area contributed by atoms with Crippen LogP contribution in [0.4, 0.5) is 4.79 Å². The fourth-order valence-corrected chi connectivity index (χ4v) is 3.87. The molecule has 0 fully saturated rings. The summed E-state index contributed by atoms with van der Waals surface area (Å²) in [5.74, 6) is -0.844. The lowest BCUT2D eigenvalue weighted by molar-refractivity contribution is -0.144. The molecule has 0 aliphatic carbocycles. The Morgan fingerprint density at radius 2 is 1.61 bits per heavy atom. The summed E-state index contributed by atoms with van der Waals surface area (Å²) in [6.07, 6.45) is 4.02. The lowest BCUT2D eigenvalue weighted by Crippen LogP contribution is -2.56. The molecule has 3 N–H and O–H groups in total. The molecule has 3 amide bonds. The van der Waals surface area contributed by atoms with Gasteiger partial charge in [0.15, 0.2) is 0 Å². The van der Waals surface area contributed by atoms with Crippen molar-refractivity contribution in [3.05, 3.63) is 35.4 Å². The fraction of sp³-hybridized carbons (Fsp3) is 0.679. The lowest BCUT2D eigenvalue weighted by atomic mass is 9.96. The summed E-state index contributed by atoms with van der Waals surface area (Å²) in [4.78, 5) is 41.3. The monoisotopic (exact) mass is 505 g/mol. The third kappa shape index (κ3) is 11.0. The number of nitrogens with one attached hydrogen (secondary N) is 2. The molecule has 1 rings (SSSR count). The highest BCUT2D eigenvalue weighted by atomic mass is 16.6. The van der Waals surface area contributed by atoms with Crippen molar-refractivity contribution in [2.24, 2.45) is 0 Å². The Morgan fingerprint density at radius 1 is 1.00 bits per heavy atom. The summed E-state index contributed by atoms with van der Waals surface area (Å²) in [5.41, 5.74) is 0.299. The Hall–Kier alpha value is -2.61. The van der Waals surface area contributed by atoms with Crippen LogP contribution in [0.2, 0.25) is 0 Å². The van der Waals surface area contributed by atoms with Gasteiger partial charge in [0.1, 0.15) is 17.7 Å². The van der Waals surface area contributed by atoms with Crippen LogP contribution in [0.3, 0.4) is 0 Å². The smallest absolute Gasteiger partial charge is 0.408 e. The topological polar surface area (TPSA) is 108 Å². The highest BCUT2D eigenvalue weighted by Gasteiger charge is 2.37. The van der Waals surface area contributed by atoms with Crippen LogP contribution < -0.4 is 10.6 Å². The summed E-state index contributed by atoms with van der Waals surface area (Å²) in [6.45, 7) is 14.5. The summed E-state index contributed by atoms with van der Waals surface area (Å²) < 4.78 is 5.29. The normalized spacial score (nSPS) is 13.5. The largest absolute Gasteiger partial charge is 0.444 e. The minimum Gasteiger partial charge on any atom is -0.444 e. The molecule has 0 saturated heterocycles. The van der Waals surface area contributed by atoms with E-state index in [1.54, 1.807) is 20.8 Å². The van der Waals surface area contributed by atoms with Gasteiger partial charge in [-0.05, 0) is 66.0 Å². The van der Waals surface area contributed by atoms with Crippen molar-refractivity contribution in [3.8, 4) is 0 Å². The number of unbranched alkanes of at least 4 members (excludes halogenated alkanes) is 4. The molecule has 0 aliphatic heterocycles. The number of carbonyl (C=O) groups excluding carboxylic acids is 3. The third-order valence-corrected chi connectivity index (χ3v) is 5.50.